The normalized spacial score (nSPS) is 12.3. The van der Waals surface area contributed by atoms with E-state index in [0.717, 1.165) is 20.9 Å². The molecule has 0 radical (unpaired) electrons. The fourth-order valence-electron chi connectivity index (χ4n) is 2.17. The van der Waals surface area contributed by atoms with Crippen molar-refractivity contribution in [1.82, 2.24) is 0 Å². The second kappa shape index (κ2) is 6.86. The fourth-order valence-corrected chi connectivity index (χ4v) is 2.55. The van der Waals surface area contributed by atoms with E-state index in [2.05, 4.69) is 27.3 Å². The third-order valence-electron chi connectivity index (χ3n) is 3.07. The van der Waals surface area contributed by atoms with Crippen molar-refractivity contribution in [2.45, 2.75) is 13.3 Å². The first-order valence-electron chi connectivity index (χ1n) is 6.56. The van der Waals surface area contributed by atoms with Crippen LogP contribution < -0.4 is 5.32 Å². The molecular weight excluding hydrogens is 318 g/mol. The topological polar surface area (TPSA) is 38.3 Å². The summed E-state index contributed by atoms with van der Waals surface area (Å²) in [5.74, 6) is 0.238. The smallest absolute Gasteiger partial charge is 0.224 e. The van der Waals surface area contributed by atoms with E-state index in [1.165, 1.54) is 0 Å². The number of carbonyl (C=O) groups excluding carboxylic acids is 1. The molecule has 2 aromatic carbocycles. The number of hydrogen-bond donors (Lipinski definition) is 1. The fraction of sp³-hybridized carbons (Fsp3) is 0.312. The number of ether oxygens (including phenoxy) is 1. The lowest BCUT2D eigenvalue weighted by molar-refractivity contribution is -0.117. The van der Waals surface area contributed by atoms with E-state index in [-0.39, 0.29) is 11.8 Å². The lowest BCUT2D eigenvalue weighted by Crippen LogP contribution is -2.17. The molecule has 1 unspecified atom stereocenters. The molecule has 0 fully saturated rings. The molecule has 0 aromatic heterocycles. The summed E-state index contributed by atoms with van der Waals surface area (Å²) >= 11 is 3.45. The van der Waals surface area contributed by atoms with E-state index < -0.39 is 0 Å². The highest BCUT2D eigenvalue weighted by atomic mass is 79.9. The number of fused-ring (bicyclic) bond motifs is 1. The summed E-state index contributed by atoms with van der Waals surface area (Å²) in [6.07, 6.45) is 0.464. The molecule has 0 saturated carbocycles. The third-order valence-corrected chi connectivity index (χ3v) is 3.56. The second-order valence-electron chi connectivity index (χ2n) is 5.02. The molecule has 1 N–H and O–H groups in total. The number of nitrogens with one attached hydrogen (secondary N) is 1. The van der Waals surface area contributed by atoms with Crippen LogP contribution in [-0.4, -0.2) is 19.6 Å². The third kappa shape index (κ3) is 4.05. The number of halogens is 1. The van der Waals surface area contributed by atoms with E-state index in [9.17, 15) is 4.79 Å². The average molecular weight is 336 g/mol. The predicted octanol–water partition coefficient (Wildman–Crippen LogP) is 4.21. The zero-order valence-corrected chi connectivity index (χ0v) is 13.2. The second-order valence-corrected chi connectivity index (χ2v) is 5.93. The molecule has 0 aliphatic carbocycles. The van der Waals surface area contributed by atoms with Crippen LogP contribution in [0.4, 0.5) is 5.69 Å². The number of amides is 1. The average Bonchev–Trinajstić information content (AvgIpc) is 2.39. The zero-order valence-electron chi connectivity index (χ0n) is 11.7. The molecule has 0 aliphatic rings. The largest absolute Gasteiger partial charge is 0.384 e. The van der Waals surface area contributed by atoms with Gasteiger partial charge >= 0.3 is 0 Å². The van der Waals surface area contributed by atoms with Crippen LogP contribution in [0.5, 0.6) is 0 Å². The Balaban J connectivity index is 2.06. The van der Waals surface area contributed by atoms with Gasteiger partial charge in [-0.25, -0.2) is 0 Å². The molecule has 4 heteroatoms. The van der Waals surface area contributed by atoms with Gasteiger partial charge in [-0.3, -0.25) is 4.79 Å². The molecule has 0 spiro atoms. The van der Waals surface area contributed by atoms with E-state index in [1.54, 1.807) is 7.11 Å². The molecule has 2 aromatic rings. The van der Waals surface area contributed by atoms with E-state index in [4.69, 9.17) is 4.74 Å². The molecule has 1 amide bonds. The summed E-state index contributed by atoms with van der Waals surface area (Å²) in [5, 5.41) is 5.18. The Morgan fingerprint density at radius 2 is 1.95 bits per heavy atom. The molecule has 106 valence electrons. The predicted molar refractivity (Wildman–Crippen MR) is 85.9 cm³/mol. The van der Waals surface area contributed by atoms with Gasteiger partial charge in [-0.2, -0.15) is 0 Å². The Labute approximate surface area is 127 Å². The minimum atomic E-state index is 0.0195. The van der Waals surface area contributed by atoms with Gasteiger partial charge in [-0.1, -0.05) is 35.0 Å². The van der Waals surface area contributed by atoms with Crippen LogP contribution in [0.15, 0.2) is 40.9 Å². The minimum absolute atomic E-state index is 0.0195. The van der Waals surface area contributed by atoms with Gasteiger partial charge in [0.25, 0.3) is 0 Å². The maximum atomic E-state index is 11.9. The first-order chi connectivity index (χ1) is 9.58. The summed E-state index contributed by atoms with van der Waals surface area (Å²) in [5.41, 5.74) is 0.828. The van der Waals surface area contributed by atoms with Crippen molar-refractivity contribution in [2.24, 2.45) is 5.92 Å². The molecule has 20 heavy (non-hydrogen) atoms. The lowest BCUT2D eigenvalue weighted by Gasteiger charge is -2.11. The molecule has 1 atom stereocenters. The van der Waals surface area contributed by atoms with Crippen molar-refractivity contribution in [1.29, 1.82) is 0 Å². The summed E-state index contributed by atoms with van der Waals surface area (Å²) < 4.78 is 6.09. The zero-order chi connectivity index (χ0) is 14.5. The van der Waals surface area contributed by atoms with Gasteiger partial charge in [0.05, 0.1) is 0 Å². The monoisotopic (exact) mass is 335 g/mol. The first kappa shape index (κ1) is 15.0. The van der Waals surface area contributed by atoms with Gasteiger partial charge in [0.2, 0.25) is 5.91 Å². The lowest BCUT2D eigenvalue weighted by atomic mass is 10.1. The number of benzene rings is 2. The van der Waals surface area contributed by atoms with Crippen LogP contribution in [0.1, 0.15) is 13.3 Å². The Kier molecular flexibility index (Phi) is 5.15. The Hall–Kier alpha value is -1.39. The Morgan fingerprint density at radius 3 is 2.70 bits per heavy atom. The van der Waals surface area contributed by atoms with Crippen molar-refractivity contribution < 1.29 is 9.53 Å². The molecule has 0 saturated heterocycles. The van der Waals surface area contributed by atoms with Crippen molar-refractivity contribution in [2.75, 3.05) is 19.0 Å². The van der Waals surface area contributed by atoms with Crippen LogP contribution in [-0.2, 0) is 9.53 Å². The number of carbonyl (C=O) groups is 1. The Morgan fingerprint density at radius 1 is 1.25 bits per heavy atom. The molecule has 2 rings (SSSR count). The molecule has 0 bridgehead atoms. The van der Waals surface area contributed by atoms with Crippen LogP contribution >= 0.6 is 15.9 Å². The van der Waals surface area contributed by atoms with Gasteiger partial charge in [-0.05, 0) is 41.0 Å². The van der Waals surface area contributed by atoms with Crippen molar-refractivity contribution in [3.63, 3.8) is 0 Å². The van der Waals surface area contributed by atoms with Crippen LogP contribution in [0, 0.1) is 5.92 Å². The molecular formula is C16H18BrNO2. The number of anilines is 1. The summed E-state index contributed by atoms with van der Waals surface area (Å²) in [4.78, 5) is 11.9. The van der Waals surface area contributed by atoms with Gasteiger partial charge in [-0.15, -0.1) is 0 Å². The summed E-state index contributed by atoms with van der Waals surface area (Å²) in [6, 6.07) is 12.0. The highest BCUT2D eigenvalue weighted by Gasteiger charge is 2.09. The number of rotatable bonds is 5. The summed E-state index contributed by atoms with van der Waals surface area (Å²) in [6.45, 7) is 2.60. The molecule has 0 aliphatic heterocycles. The molecule has 0 heterocycles. The van der Waals surface area contributed by atoms with E-state index >= 15 is 0 Å². The van der Waals surface area contributed by atoms with Crippen molar-refractivity contribution in [3.8, 4) is 0 Å². The SMILES string of the molecule is COCC(C)CC(=O)Nc1ccc2cc(Br)ccc2c1. The van der Waals surface area contributed by atoms with E-state index in [0.29, 0.717) is 13.0 Å². The minimum Gasteiger partial charge on any atom is -0.384 e. The van der Waals surface area contributed by atoms with Crippen molar-refractivity contribution in [3.05, 3.63) is 40.9 Å². The van der Waals surface area contributed by atoms with Crippen molar-refractivity contribution >= 4 is 38.3 Å². The van der Waals surface area contributed by atoms with Crippen LogP contribution in [0.25, 0.3) is 10.8 Å². The molecule has 3 nitrogen and oxygen atoms in total. The maximum absolute atomic E-state index is 11.9. The summed E-state index contributed by atoms with van der Waals surface area (Å²) in [7, 11) is 1.65. The maximum Gasteiger partial charge on any atom is 0.224 e. The van der Waals surface area contributed by atoms with Gasteiger partial charge < -0.3 is 10.1 Å². The highest BCUT2D eigenvalue weighted by Crippen LogP contribution is 2.23. The van der Waals surface area contributed by atoms with Crippen LogP contribution in [0.3, 0.4) is 0 Å². The Bertz CT molecular complexity index is 612. The quantitative estimate of drug-likeness (QED) is 0.888. The first-order valence-corrected chi connectivity index (χ1v) is 7.36. The number of methoxy groups -OCH3 is 1. The van der Waals surface area contributed by atoms with E-state index in [1.807, 2.05) is 37.3 Å². The van der Waals surface area contributed by atoms with Gasteiger partial charge in [0, 0.05) is 30.3 Å². The van der Waals surface area contributed by atoms with Crippen LogP contribution in [0.2, 0.25) is 0 Å². The standard InChI is InChI=1S/C16H18BrNO2/c1-11(10-20-2)7-16(19)18-15-6-4-12-8-14(17)5-3-13(12)9-15/h3-6,8-9,11H,7,10H2,1-2H3,(H,18,19). The number of hydrogen-bond acceptors (Lipinski definition) is 2. The highest BCUT2D eigenvalue weighted by molar-refractivity contribution is 9.10. The van der Waals surface area contributed by atoms with Gasteiger partial charge in [0.1, 0.15) is 0 Å². The van der Waals surface area contributed by atoms with Gasteiger partial charge in [0.15, 0.2) is 0 Å².